The summed E-state index contributed by atoms with van der Waals surface area (Å²) in [6.45, 7) is 3.69. The number of ether oxygens (including phenoxy) is 2. The van der Waals surface area contributed by atoms with Crippen LogP contribution in [0.3, 0.4) is 0 Å². The van der Waals surface area contributed by atoms with E-state index in [9.17, 15) is 14.4 Å². The molecule has 1 amide bonds. The van der Waals surface area contributed by atoms with Crippen LogP contribution in [0.2, 0.25) is 5.15 Å². The summed E-state index contributed by atoms with van der Waals surface area (Å²) < 4.78 is 10.7. The van der Waals surface area contributed by atoms with Crippen LogP contribution in [-0.2, 0) is 27.1 Å². The molecule has 2 aromatic heterocycles. The van der Waals surface area contributed by atoms with Crippen LogP contribution in [0.4, 0.5) is 5.00 Å². The highest BCUT2D eigenvalue weighted by Crippen LogP contribution is 2.45. The number of rotatable bonds is 7. The molecule has 0 fully saturated rings. The molecule has 7 nitrogen and oxygen atoms in total. The van der Waals surface area contributed by atoms with Crippen LogP contribution in [0.15, 0.2) is 42.6 Å². The third-order valence-corrected chi connectivity index (χ3v) is 6.89. The Morgan fingerprint density at radius 2 is 1.94 bits per heavy atom. The van der Waals surface area contributed by atoms with Gasteiger partial charge in [0.1, 0.15) is 10.2 Å². The molecule has 0 radical (unpaired) electrons. The van der Waals surface area contributed by atoms with Crippen LogP contribution in [0.1, 0.15) is 52.1 Å². The van der Waals surface area contributed by atoms with Crippen molar-refractivity contribution >= 4 is 45.8 Å². The second kappa shape index (κ2) is 10.4. The van der Waals surface area contributed by atoms with Crippen molar-refractivity contribution in [2.75, 3.05) is 11.9 Å². The summed E-state index contributed by atoms with van der Waals surface area (Å²) in [4.78, 5) is 43.3. The smallest absolute Gasteiger partial charge is 0.341 e. The summed E-state index contributed by atoms with van der Waals surface area (Å²) in [5.74, 6) is -1.68. The van der Waals surface area contributed by atoms with E-state index in [0.717, 1.165) is 22.4 Å². The number of hydrogen-bond donors (Lipinski definition) is 1. The monoisotopic (exact) mass is 498 g/mol. The number of fused-ring (bicyclic) bond motifs is 3. The van der Waals surface area contributed by atoms with E-state index >= 15 is 0 Å². The van der Waals surface area contributed by atoms with Crippen molar-refractivity contribution in [2.45, 2.75) is 39.2 Å². The summed E-state index contributed by atoms with van der Waals surface area (Å²) in [5, 5.41) is 3.36. The molecule has 1 atom stereocenters. The molecule has 0 bridgehead atoms. The summed E-state index contributed by atoms with van der Waals surface area (Å²) in [7, 11) is 0. The van der Waals surface area contributed by atoms with Gasteiger partial charge in [0.15, 0.2) is 6.10 Å². The maximum Gasteiger partial charge on any atom is 0.341 e. The van der Waals surface area contributed by atoms with Crippen LogP contribution in [0, 0.1) is 0 Å². The molecule has 0 spiro atoms. The number of aromatic nitrogens is 1. The number of halogens is 1. The van der Waals surface area contributed by atoms with E-state index in [-0.39, 0.29) is 23.7 Å². The Hall–Kier alpha value is -3.23. The molecule has 1 N–H and O–H groups in total. The first-order chi connectivity index (χ1) is 16.4. The normalized spacial score (nSPS) is 12.8. The Morgan fingerprint density at radius 3 is 2.68 bits per heavy atom. The van der Waals surface area contributed by atoms with Crippen LogP contribution in [-0.4, -0.2) is 35.5 Å². The van der Waals surface area contributed by atoms with E-state index in [0.29, 0.717) is 17.0 Å². The lowest BCUT2D eigenvalue weighted by atomic mass is 9.89. The van der Waals surface area contributed by atoms with Gasteiger partial charge < -0.3 is 14.8 Å². The largest absolute Gasteiger partial charge is 0.462 e. The lowest BCUT2D eigenvalue weighted by Crippen LogP contribution is -2.32. The van der Waals surface area contributed by atoms with Crippen LogP contribution in [0.25, 0.3) is 10.4 Å². The van der Waals surface area contributed by atoms with Crippen molar-refractivity contribution in [2.24, 2.45) is 0 Å². The zero-order valence-electron chi connectivity index (χ0n) is 18.7. The predicted octanol–water partition coefficient (Wildman–Crippen LogP) is 5.31. The summed E-state index contributed by atoms with van der Waals surface area (Å²) in [5.41, 5.74) is 3.68. The number of carbonyl (C=O) groups is 3. The average Bonchev–Trinajstić information content (AvgIpc) is 3.20. The van der Waals surface area contributed by atoms with Gasteiger partial charge in [-0.3, -0.25) is 4.79 Å². The van der Waals surface area contributed by atoms with Crippen molar-refractivity contribution in [3.05, 3.63) is 70.0 Å². The molecule has 176 valence electrons. The van der Waals surface area contributed by atoms with Gasteiger partial charge in [0, 0.05) is 11.1 Å². The lowest BCUT2D eigenvalue weighted by molar-refractivity contribution is -0.124. The van der Waals surface area contributed by atoms with Crippen molar-refractivity contribution in [3.63, 3.8) is 0 Å². The zero-order chi connectivity index (χ0) is 24.2. The Morgan fingerprint density at radius 1 is 1.15 bits per heavy atom. The molecule has 2 heterocycles. The molecule has 0 saturated heterocycles. The SMILES string of the molecule is CCOC(=O)c1c(NC(=O)C(CC)OC(=O)c2ccnc(Cl)c2)sc2c1CCc1ccccc1-2. The van der Waals surface area contributed by atoms with Crippen molar-refractivity contribution < 1.29 is 23.9 Å². The number of thiophene rings is 1. The molecule has 0 saturated carbocycles. The van der Waals surface area contributed by atoms with Crippen molar-refractivity contribution in [1.82, 2.24) is 4.98 Å². The van der Waals surface area contributed by atoms with Gasteiger partial charge in [0.2, 0.25) is 0 Å². The van der Waals surface area contributed by atoms with E-state index in [1.54, 1.807) is 13.8 Å². The second-order valence-electron chi connectivity index (χ2n) is 7.65. The fraction of sp³-hybridized carbons (Fsp3) is 0.280. The van der Waals surface area contributed by atoms with E-state index in [4.69, 9.17) is 21.1 Å². The van der Waals surface area contributed by atoms with Crippen molar-refractivity contribution in [1.29, 1.82) is 0 Å². The standard InChI is InChI=1S/C25H23ClN2O5S/c1-3-18(33-24(30)15-11-12-27-19(26)13-15)22(29)28-23-20(25(31)32-4-2)17-10-9-14-7-5-6-8-16(14)21(17)34-23/h5-8,11-13,18H,3-4,9-10H2,1-2H3,(H,28,29). The molecule has 9 heteroatoms. The number of anilines is 1. The molecule has 3 aromatic rings. The van der Waals surface area contributed by atoms with Gasteiger partial charge >= 0.3 is 11.9 Å². The minimum atomic E-state index is -1.05. The Labute approximate surface area is 206 Å². The maximum atomic E-state index is 13.1. The first-order valence-electron chi connectivity index (χ1n) is 11.0. The Bertz CT molecular complexity index is 1260. The quantitative estimate of drug-likeness (QED) is 0.350. The van der Waals surface area contributed by atoms with Gasteiger partial charge in [0.05, 0.1) is 17.7 Å². The molecule has 0 aliphatic heterocycles. The molecule has 4 rings (SSSR count). The Kier molecular flexibility index (Phi) is 7.29. The third kappa shape index (κ3) is 4.83. The molecule has 1 aliphatic carbocycles. The van der Waals surface area contributed by atoms with Crippen LogP contribution < -0.4 is 5.32 Å². The number of amides is 1. The van der Waals surface area contributed by atoms with E-state index < -0.39 is 23.9 Å². The lowest BCUT2D eigenvalue weighted by Gasteiger charge is -2.17. The Balaban J connectivity index is 1.62. The highest BCUT2D eigenvalue weighted by molar-refractivity contribution is 7.20. The third-order valence-electron chi connectivity index (χ3n) is 5.50. The zero-order valence-corrected chi connectivity index (χ0v) is 20.3. The first-order valence-corrected chi connectivity index (χ1v) is 12.2. The number of nitrogens with one attached hydrogen (secondary N) is 1. The van der Waals surface area contributed by atoms with E-state index in [2.05, 4.69) is 16.4 Å². The van der Waals surface area contributed by atoms with Gasteiger partial charge in [-0.1, -0.05) is 42.8 Å². The summed E-state index contributed by atoms with van der Waals surface area (Å²) in [6.07, 6.45) is 2.05. The number of carbonyl (C=O) groups excluding carboxylic acids is 3. The number of nitrogens with zero attached hydrogens (tertiary/aromatic N) is 1. The number of aryl methyl sites for hydroxylation is 1. The number of benzene rings is 1. The fourth-order valence-electron chi connectivity index (χ4n) is 3.89. The maximum absolute atomic E-state index is 13.1. The summed E-state index contributed by atoms with van der Waals surface area (Å²) in [6, 6.07) is 10.9. The minimum absolute atomic E-state index is 0.149. The van der Waals surface area contributed by atoms with Gasteiger partial charge in [-0.25, -0.2) is 14.6 Å². The predicted molar refractivity (Wildman–Crippen MR) is 130 cm³/mol. The van der Waals surface area contributed by atoms with Gasteiger partial charge in [-0.15, -0.1) is 11.3 Å². The van der Waals surface area contributed by atoms with E-state index in [1.807, 2.05) is 18.2 Å². The second-order valence-corrected chi connectivity index (χ2v) is 9.06. The molecular formula is C25H23ClN2O5S. The highest BCUT2D eigenvalue weighted by atomic mass is 35.5. The van der Waals surface area contributed by atoms with Crippen molar-refractivity contribution in [3.8, 4) is 10.4 Å². The van der Waals surface area contributed by atoms with E-state index in [1.165, 1.54) is 35.2 Å². The molecule has 1 unspecified atom stereocenters. The number of hydrogen-bond acceptors (Lipinski definition) is 7. The number of esters is 2. The fourth-order valence-corrected chi connectivity index (χ4v) is 5.36. The van der Waals surface area contributed by atoms with Gasteiger partial charge in [0.25, 0.3) is 5.91 Å². The molecular weight excluding hydrogens is 476 g/mol. The van der Waals surface area contributed by atoms with Crippen LogP contribution >= 0.6 is 22.9 Å². The number of pyridine rings is 1. The average molecular weight is 499 g/mol. The first kappa shape index (κ1) is 23.9. The molecule has 1 aliphatic rings. The highest BCUT2D eigenvalue weighted by Gasteiger charge is 2.31. The minimum Gasteiger partial charge on any atom is -0.462 e. The molecule has 1 aromatic carbocycles. The van der Waals surface area contributed by atoms with Gasteiger partial charge in [-0.2, -0.15) is 0 Å². The van der Waals surface area contributed by atoms with Gasteiger partial charge in [-0.05, 0) is 55.0 Å². The topological polar surface area (TPSA) is 94.6 Å². The molecule has 34 heavy (non-hydrogen) atoms. The van der Waals surface area contributed by atoms with Crippen LogP contribution in [0.5, 0.6) is 0 Å². The summed E-state index contributed by atoms with van der Waals surface area (Å²) >= 11 is 7.18.